The van der Waals surface area contributed by atoms with Crippen molar-refractivity contribution >= 4 is 11.5 Å². The summed E-state index contributed by atoms with van der Waals surface area (Å²) in [5.41, 5.74) is 3.66. The molecule has 0 unspecified atom stereocenters. The number of benzene rings is 1. The second kappa shape index (κ2) is 6.01. The molecule has 0 atom stereocenters. The lowest BCUT2D eigenvalue weighted by atomic mass is 10.0. The molecule has 0 fully saturated rings. The van der Waals surface area contributed by atoms with E-state index < -0.39 is 0 Å². The molecular formula is C16H20N4. The summed E-state index contributed by atoms with van der Waals surface area (Å²) in [6.45, 7) is 4.83. The molecule has 3 rings (SSSR count). The number of aryl methyl sites for hydroxylation is 1. The highest BCUT2D eigenvalue weighted by atomic mass is 15.3. The van der Waals surface area contributed by atoms with Crippen molar-refractivity contribution in [1.82, 2.24) is 15.5 Å². The molecular weight excluding hydrogens is 248 g/mol. The fraction of sp³-hybridized carbons (Fsp3) is 0.375. The first-order chi connectivity index (χ1) is 9.88. The number of rotatable bonds is 4. The van der Waals surface area contributed by atoms with Gasteiger partial charge in [-0.2, -0.15) is 5.10 Å². The number of nitrogens with one attached hydrogen (secondary N) is 1. The van der Waals surface area contributed by atoms with E-state index in [9.17, 15) is 0 Å². The van der Waals surface area contributed by atoms with Crippen molar-refractivity contribution in [3.8, 4) is 0 Å². The Balaban J connectivity index is 1.83. The molecule has 2 aromatic rings. The van der Waals surface area contributed by atoms with Crippen LogP contribution in [0, 0.1) is 0 Å². The van der Waals surface area contributed by atoms with Crippen LogP contribution in [-0.4, -0.2) is 23.3 Å². The molecule has 104 valence electrons. The number of nitrogens with zero attached hydrogens (tertiary/aromatic N) is 3. The molecule has 0 saturated carbocycles. The van der Waals surface area contributed by atoms with Gasteiger partial charge in [0.15, 0.2) is 5.82 Å². The van der Waals surface area contributed by atoms with Gasteiger partial charge in [-0.25, -0.2) is 0 Å². The van der Waals surface area contributed by atoms with E-state index in [-0.39, 0.29) is 0 Å². The number of anilines is 2. The van der Waals surface area contributed by atoms with Crippen LogP contribution in [0.25, 0.3) is 0 Å². The Morgan fingerprint density at radius 3 is 2.85 bits per heavy atom. The van der Waals surface area contributed by atoms with E-state index in [2.05, 4.69) is 63.7 Å². The first kappa shape index (κ1) is 13.1. The molecule has 20 heavy (non-hydrogen) atoms. The van der Waals surface area contributed by atoms with E-state index in [1.807, 2.05) is 0 Å². The Morgan fingerprint density at radius 1 is 1.15 bits per heavy atom. The molecule has 1 aromatic carbocycles. The van der Waals surface area contributed by atoms with E-state index in [4.69, 9.17) is 0 Å². The Hall–Kier alpha value is -1.94. The van der Waals surface area contributed by atoms with Gasteiger partial charge in [0, 0.05) is 18.8 Å². The zero-order chi connectivity index (χ0) is 13.8. The van der Waals surface area contributed by atoms with Gasteiger partial charge in [0.2, 0.25) is 0 Å². The summed E-state index contributed by atoms with van der Waals surface area (Å²) in [6, 6.07) is 12.7. The summed E-state index contributed by atoms with van der Waals surface area (Å²) >= 11 is 0. The molecule has 0 spiro atoms. The molecule has 1 aliphatic heterocycles. The van der Waals surface area contributed by atoms with Gasteiger partial charge in [-0.15, -0.1) is 5.10 Å². The Bertz CT molecular complexity index is 565. The zero-order valence-corrected chi connectivity index (χ0v) is 11.8. The van der Waals surface area contributed by atoms with Crippen LogP contribution in [0.2, 0.25) is 0 Å². The van der Waals surface area contributed by atoms with Crippen LogP contribution in [0.4, 0.5) is 11.5 Å². The van der Waals surface area contributed by atoms with Gasteiger partial charge in [0.05, 0.1) is 5.69 Å². The van der Waals surface area contributed by atoms with E-state index in [1.165, 1.54) is 11.3 Å². The lowest BCUT2D eigenvalue weighted by Crippen LogP contribution is -2.25. The van der Waals surface area contributed by atoms with Gasteiger partial charge >= 0.3 is 0 Å². The first-order valence-electron chi connectivity index (χ1n) is 7.27. The summed E-state index contributed by atoms with van der Waals surface area (Å²) in [5, 5.41) is 12.0. The maximum atomic E-state index is 4.39. The van der Waals surface area contributed by atoms with Crippen molar-refractivity contribution in [2.75, 3.05) is 18.0 Å². The molecule has 4 heteroatoms. The Labute approximate surface area is 119 Å². The summed E-state index contributed by atoms with van der Waals surface area (Å²) in [7, 11) is 0. The van der Waals surface area contributed by atoms with Gasteiger partial charge in [-0.05, 0) is 43.1 Å². The fourth-order valence-electron chi connectivity index (χ4n) is 2.62. The van der Waals surface area contributed by atoms with Crippen LogP contribution in [0.3, 0.4) is 0 Å². The highest BCUT2D eigenvalue weighted by Gasteiger charge is 2.18. The van der Waals surface area contributed by atoms with Crippen molar-refractivity contribution in [3.63, 3.8) is 0 Å². The van der Waals surface area contributed by atoms with Crippen molar-refractivity contribution in [2.45, 2.75) is 26.3 Å². The van der Waals surface area contributed by atoms with E-state index >= 15 is 0 Å². The summed E-state index contributed by atoms with van der Waals surface area (Å²) in [5.74, 6) is 0.942. The highest BCUT2D eigenvalue weighted by molar-refractivity contribution is 5.64. The average Bonchev–Trinajstić information content (AvgIpc) is 2.53. The van der Waals surface area contributed by atoms with Gasteiger partial charge in [-0.3, -0.25) is 0 Å². The highest BCUT2D eigenvalue weighted by Crippen LogP contribution is 2.31. The summed E-state index contributed by atoms with van der Waals surface area (Å²) < 4.78 is 0. The van der Waals surface area contributed by atoms with Crippen molar-refractivity contribution in [2.24, 2.45) is 0 Å². The Morgan fingerprint density at radius 2 is 2.05 bits per heavy atom. The third-order valence-electron chi connectivity index (χ3n) is 3.65. The molecule has 0 amide bonds. The van der Waals surface area contributed by atoms with Crippen molar-refractivity contribution in [3.05, 3.63) is 47.7 Å². The quantitative estimate of drug-likeness (QED) is 0.925. The van der Waals surface area contributed by atoms with E-state index in [0.29, 0.717) is 0 Å². The molecule has 0 bridgehead atoms. The van der Waals surface area contributed by atoms with Crippen molar-refractivity contribution in [1.29, 1.82) is 0 Å². The SMILES string of the molecule is CCNCc1ccc(N2CCCc3ccccc32)nn1. The monoisotopic (exact) mass is 268 g/mol. The number of para-hydroxylation sites is 1. The van der Waals surface area contributed by atoms with E-state index in [1.54, 1.807) is 0 Å². The van der Waals surface area contributed by atoms with Crippen LogP contribution in [-0.2, 0) is 13.0 Å². The van der Waals surface area contributed by atoms with Gasteiger partial charge in [0.25, 0.3) is 0 Å². The molecule has 0 radical (unpaired) electrons. The molecule has 4 nitrogen and oxygen atoms in total. The van der Waals surface area contributed by atoms with Gasteiger partial charge < -0.3 is 10.2 Å². The predicted molar refractivity (Wildman–Crippen MR) is 81.2 cm³/mol. The minimum atomic E-state index is 0.778. The summed E-state index contributed by atoms with van der Waals surface area (Å²) in [6.07, 6.45) is 2.32. The fourth-order valence-corrected chi connectivity index (χ4v) is 2.62. The van der Waals surface area contributed by atoms with Gasteiger partial charge in [-0.1, -0.05) is 25.1 Å². The maximum absolute atomic E-state index is 4.39. The number of hydrogen-bond donors (Lipinski definition) is 1. The third kappa shape index (κ3) is 2.65. The lowest BCUT2D eigenvalue weighted by Gasteiger charge is -2.29. The Kier molecular flexibility index (Phi) is 3.92. The lowest BCUT2D eigenvalue weighted by molar-refractivity contribution is 0.694. The molecule has 1 aromatic heterocycles. The molecule has 0 saturated heterocycles. The minimum absolute atomic E-state index is 0.778. The maximum Gasteiger partial charge on any atom is 0.155 e. The van der Waals surface area contributed by atoms with Crippen LogP contribution in [0.1, 0.15) is 24.6 Å². The predicted octanol–water partition coefficient (Wildman–Crippen LogP) is 2.67. The van der Waals surface area contributed by atoms with Crippen LogP contribution < -0.4 is 10.2 Å². The minimum Gasteiger partial charge on any atom is -0.325 e. The number of fused-ring (bicyclic) bond motifs is 1. The topological polar surface area (TPSA) is 41.0 Å². The average molecular weight is 268 g/mol. The molecule has 1 N–H and O–H groups in total. The molecule has 1 aliphatic rings. The number of hydrogen-bond acceptors (Lipinski definition) is 4. The van der Waals surface area contributed by atoms with Gasteiger partial charge in [0.1, 0.15) is 0 Å². The van der Waals surface area contributed by atoms with Crippen LogP contribution in [0.15, 0.2) is 36.4 Å². The molecule has 0 aliphatic carbocycles. The van der Waals surface area contributed by atoms with E-state index in [0.717, 1.165) is 44.0 Å². The van der Waals surface area contributed by atoms with Crippen LogP contribution >= 0.6 is 0 Å². The largest absolute Gasteiger partial charge is 0.325 e. The second-order valence-corrected chi connectivity index (χ2v) is 5.05. The number of aromatic nitrogens is 2. The smallest absolute Gasteiger partial charge is 0.155 e. The summed E-state index contributed by atoms with van der Waals surface area (Å²) in [4.78, 5) is 2.27. The first-order valence-corrected chi connectivity index (χ1v) is 7.27. The zero-order valence-electron chi connectivity index (χ0n) is 11.8. The second-order valence-electron chi connectivity index (χ2n) is 5.05. The standard InChI is InChI=1S/C16H20N4/c1-2-17-12-14-9-10-16(19-18-14)20-11-5-7-13-6-3-4-8-15(13)20/h3-4,6,8-10,17H,2,5,7,11-12H2,1H3. The van der Waals surface area contributed by atoms with Crippen LogP contribution in [0.5, 0.6) is 0 Å². The normalized spacial score (nSPS) is 14.2. The third-order valence-corrected chi connectivity index (χ3v) is 3.65. The van der Waals surface area contributed by atoms with Crippen molar-refractivity contribution < 1.29 is 0 Å². The molecule has 2 heterocycles.